The second kappa shape index (κ2) is 22.5. The van der Waals surface area contributed by atoms with Crippen molar-refractivity contribution in [2.45, 2.75) is 200 Å². The number of ketones is 1. The molecule has 0 fully saturated rings. The fourth-order valence-electron chi connectivity index (χ4n) is 6.44. The Balaban J connectivity index is 2.08. The van der Waals surface area contributed by atoms with E-state index in [0.29, 0.717) is 18.6 Å². The highest BCUT2D eigenvalue weighted by Crippen LogP contribution is 2.40. The summed E-state index contributed by atoms with van der Waals surface area (Å²) < 4.78 is 19.1. The maximum Gasteiger partial charge on any atom is 0.250 e. The van der Waals surface area contributed by atoms with Crippen LogP contribution in [0.25, 0.3) is 0 Å². The Morgan fingerprint density at radius 2 is 1.13 bits per heavy atom. The van der Waals surface area contributed by atoms with Crippen LogP contribution in [0.4, 0.5) is 0 Å². The van der Waals surface area contributed by atoms with Gasteiger partial charge in [0.15, 0.2) is 8.32 Å². The van der Waals surface area contributed by atoms with Gasteiger partial charge in [0.05, 0.1) is 7.11 Å². The number of rotatable bonds is 26. The highest BCUT2D eigenvalue weighted by molar-refractivity contribution is 6.75. The summed E-state index contributed by atoms with van der Waals surface area (Å²) in [5.41, 5.74) is 2.45. The zero-order valence-electron chi connectivity index (χ0n) is 35.9. The van der Waals surface area contributed by atoms with Crippen LogP contribution < -0.4 is 9.16 Å². The third-order valence-electron chi connectivity index (χ3n) is 12.0. The van der Waals surface area contributed by atoms with Crippen LogP contribution >= 0.6 is 0 Å². The van der Waals surface area contributed by atoms with Crippen molar-refractivity contribution in [3.8, 4) is 11.5 Å². The van der Waals surface area contributed by atoms with Gasteiger partial charge in [0.25, 0.3) is 0 Å². The molecule has 0 aliphatic heterocycles. The molecule has 0 aliphatic rings. The van der Waals surface area contributed by atoms with E-state index in [9.17, 15) is 4.79 Å². The zero-order chi connectivity index (χ0) is 38.8. The molecule has 2 aromatic carbocycles. The van der Waals surface area contributed by atoms with E-state index in [1.165, 1.54) is 81.8 Å². The predicted molar refractivity (Wildman–Crippen MR) is 230 cm³/mol. The smallest absolute Gasteiger partial charge is 0.250 e. The monoisotopic (exact) mass is 753 g/mol. The molecule has 0 amide bonds. The van der Waals surface area contributed by atoms with E-state index in [4.69, 9.17) is 13.6 Å². The Morgan fingerprint density at radius 1 is 0.654 bits per heavy atom. The van der Waals surface area contributed by atoms with Crippen molar-refractivity contribution in [1.29, 1.82) is 0 Å². The van der Waals surface area contributed by atoms with Crippen LogP contribution in [0.5, 0.6) is 11.5 Å². The van der Waals surface area contributed by atoms with E-state index in [0.717, 1.165) is 37.2 Å². The highest BCUT2D eigenvalue weighted by atomic mass is 28.4. The van der Waals surface area contributed by atoms with Crippen molar-refractivity contribution < 1.29 is 18.4 Å². The molecule has 0 unspecified atom stereocenters. The third-order valence-corrected chi connectivity index (χ3v) is 20.9. The normalized spacial score (nSPS) is 13.9. The Labute approximate surface area is 323 Å². The molecule has 296 valence electrons. The summed E-state index contributed by atoms with van der Waals surface area (Å²) in [7, 11) is -2.15. The van der Waals surface area contributed by atoms with Crippen molar-refractivity contribution in [3.05, 3.63) is 59.7 Å². The molecule has 0 aromatic heterocycles. The van der Waals surface area contributed by atoms with Crippen LogP contribution in [0.1, 0.15) is 156 Å². The number of benzene rings is 2. The lowest BCUT2D eigenvalue weighted by atomic mass is 9.87. The standard InChI is InChI=1S/C46H80O4Si2/c1-13-14-15-16-17-18-19-20-21-22-23-24-44(50-52(11,12)46(5,6)7)37-40(35-39-28-31-42(48-8)32-29-39)36-41(47)30-25-38-26-33-43(34-27-38)49-51(9,10)45(2,3)4/h26-29,31-34,40,44H,13-25,30,35-37H2,1-12H3/t40-,44-/m1/s1. The lowest BCUT2D eigenvalue weighted by molar-refractivity contribution is -0.120. The number of methoxy groups -OCH3 is 1. The summed E-state index contributed by atoms with van der Waals surface area (Å²) in [6, 6.07) is 16.9. The Morgan fingerprint density at radius 3 is 1.63 bits per heavy atom. The van der Waals surface area contributed by atoms with Gasteiger partial charge in [-0.3, -0.25) is 4.79 Å². The van der Waals surface area contributed by atoms with Crippen LogP contribution in [0.15, 0.2) is 48.5 Å². The van der Waals surface area contributed by atoms with E-state index >= 15 is 0 Å². The molecule has 0 spiro atoms. The summed E-state index contributed by atoms with van der Waals surface area (Å²) in [6.07, 6.45) is 19.8. The minimum atomic E-state index is -1.98. The Hall–Kier alpha value is -1.90. The lowest BCUT2D eigenvalue weighted by Crippen LogP contribution is -2.44. The van der Waals surface area contributed by atoms with E-state index < -0.39 is 16.6 Å². The van der Waals surface area contributed by atoms with E-state index in [1.54, 1.807) is 7.11 Å². The van der Waals surface area contributed by atoms with Crippen molar-refractivity contribution in [2.24, 2.45) is 5.92 Å². The van der Waals surface area contributed by atoms with Crippen LogP contribution in [0.2, 0.25) is 36.3 Å². The maximum atomic E-state index is 13.7. The number of Topliss-reactive ketones (excluding diaryl/α,β-unsaturated/α-hetero) is 1. The van der Waals surface area contributed by atoms with Crippen LogP contribution in [-0.4, -0.2) is 35.6 Å². The molecule has 0 bridgehead atoms. The van der Waals surface area contributed by atoms with Crippen molar-refractivity contribution in [3.63, 3.8) is 0 Å². The van der Waals surface area contributed by atoms with Crippen molar-refractivity contribution >= 4 is 22.4 Å². The molecule has 0 saturated heterocycles. The van der Waals surface area contributed by atoms with E-state index in [1.807, 2.05) is 12.1 Å². The summed E-state index contributed by atoms with van der Waals surface area (Å²) in [4.78, 5) is 13.7. The number of ether oxygens (including phenoxy) is 1. The molecule has 6 heteroatoms. The average molecular weight is 753 g/mol. The number of carbonyl (C=O) groups excluding carboxylic acids is 1. The van der Waals surface area contributed by atoms with Gasteiger partial charge in [-0.1, -0.05) is 143 Å². The molecule has 0 radical (unpaired) electrons. The second-order valence-electron chi connectivity index (χ2n) is 18.7. The molecule has 4 nitrogen and oxygen atoms in total. The van der Waals surface area contributed by atoms with Crippen molar-refractivity contribution in [1.82, 2.24) is 0 Å². The van der Waals surface area contributed by atoms with Crippen LogP contribution in [0.3, 0.4) is 0 Å². The fourth-order valence-corrected chi connectivity index (χ4v) is 8.87. The first-order valence-electron chi connectivity index (χ1n) is 21.0. The second-order valence-corrected chi connectivity index (χ2v) is 28.2. The largest absolute Gasteiger partial charge is 0.544 e. The van der Waals surface area contributed by atoms with Gasteiger partial charge in [0.2, 0.25) is 8.32 Å². The van der Waals surface area contributed by atoms with Crippen LogP contribution in [-0.2, 0) is 22.1 Å². The lowest BCUT2D eigenvalue weighted by Gasteiger charge is -2.40. The topological polar surface area (TPSA) is 44.8 Å². The molecule has 0 aliphatic carbocycles. The molecule has 52 heavy (non-hydrogen) atoms. The first kappa shape index (κ1) is 46.3. The number of aryl methyl sites for hydroxylation is 1. The van der Waals surface area contributed by atoms with E-state index in [2.05, 4.69) is 111 Å². The van der Waals surface area contributed by atoms with Gasteiger partial charge in [0.1, 0.15) is 17.3 Å². The fraction of sp³-hybridized carbons (Fsp3) is 0.717. The summed E-state index contributed by atoms with van der Waals surface area (Å²) in [5.74, 6) is 2.39. The third kappa shape index (κ3) is 17.5. The van der Waals surface area contributed by atoms with Gasteiger partial charge < -0.3 is 13.6 Å². The zero-order valence-corrected chi connectivity index (χ0v) is 37.9. The first-order valence-corrected chi connectivity index (χ1v) is 26.8. The number of hydrogen-bond donors (Lipinski definition) is 0. The van der Waals surface area contributed by atoms with Gasteiger partial charge in [-0.15, -0.1) is 0 Å². The number of hydrogen-bond acceptors (Lipinski definition) is 4. The molecular formula is C46H80O4Si2. The Kier molecular flexibility index (Phi) is 20.0. The summed E-state index contributed by atoms with van der Waals surface area (Å²) in [6.45, 7) is 25.4. The first-order chi connectivity index (χ1) is 24.4. The van der Waals surface area contributed by atoms with Gasteiger partial charge in [-0.05, 0) is 103 Å². The maximum absolute atomic E-state index is 13.7. The molecule has 0 N–H and O–H groups in total. The highest BCUT2D eigenvalue weighted by Gasteiger charge is 2.40. The van der Waals surface area contributed by atoms with Gasteiger partial charge in [0, 0.05) is 18.9 Å². The molecule has 2 aromatic rings. The van der Waals surface area contributed by atoms with Crippen LogP contribution in [0, 0.1) is 5.92 Å². The SMILES string of the molecule is CCCCCCCCCCCCC[C@H](C[C@@H](CC(=O)CCc1ccc(O[Si](C)(C)C(C)(C)C)cc1)Cc1ccc(OC)cc1)O[Si](C)(C)C(C)(C)C. The summed E-state index contributed by atoms with van der Waals surface area (Å²) in [5, 5.41) is 0.303. The molecule has 0 saturated carbocycles. The molecule has 0 heterocycles. The quantitative estimate of drug-likeness (QED) is 0.0709. The van der Waals surface area contributed by atoms with E-state index in [-0.39, 0.29) is 22.1 Å². The molecule has 2 rings (SSSR count). The van der Waals surface area contributed by atoms with Gasteiger partial charge in [-0.25, -0.2) is 0 Å². The molecule has 2 atom stereocenters. The molecular weight excluding hydrogens is 673 g/mol. The average Bonchev–Trinajstić information content (AvgIpc) is 3.05. The van der Waals surface area contributed by atoms with Crippen molar-refractivity contribution in [2.75, 3.05) is 7.11 Å². The Bertz CT molecular complexity index is 1260. The number of unbranched alkanes of at least 4 members (excludes halogenated alkanes) is 10. The minimum Gasteiger partial charge on any atom is -0.544 e. The number of carbonyl (C=O) groups is 1. The minimum absolute atomic E-state index is 0.148. The van der Waals surface area contributed by atoms with Gasteiger partial charge >= 0.3 is 0 Å². The summed E-state index contributed by atoms with van der Waals surface area (Å²) >= 11 is 0. The predicted octanol–water partition coefficient (Wildman–Crippen LogP) is 14.3. The van der Waals surface area contributed by atoms with Gasteiger partial charge in [-0.2, -0.15) is 0 Å².